The van der Waals surface area contributed by atoms with Gasteiger partial charge in [0.2, 0.25) is 6.79 Å². The molecule has 0 bridgehead atoms. The molecule has 70 valence electrons. The number of benzene rings is 1. The summed E-state index contributed by atoms with van der Waals surface area (Å²) >= 11 is 3.40. The van der Waals surface area contributed by atoms with Crippen LogP contribution < -0.4 is 9.47 Å². The summed E-state index contributed by atoms with van der Waals surface area (Å²) in [5.74, 6) is 1.51. The van der Waals surface area contributed by atoms with Gasteiger partial charge in [-0.3, -0.25) is 0 Å². The van der Waals surface area contributed by atoms with Crippen molar-refractivity contribution in [3.8, 4) is 11.5 Å². The fraction of sp³-hybridized carbons (Fsp3) is 0.333. The molecule has 0 radical (unpaired) electrons. The lowest BCUT2D eigenvalue weighted by Gasteiger charge is -2.06. The summed E-state index contributed by atoms with van der Waals surface area (Å²) < 4.78 is 11.5. The van der Waals surface area contributed by atoms with Gasteiger partial charge in [0.15, 0.2) is 11.5 Å². The first-order valence-corrected chi connectivity index (χ1v) is 4.80. The minimum atomic E-state index is 0.110. The van der Waals surface area contributed by atoms with Crippen molar-refractivity contribution >= 4 is 15.9 Å². The van der Waals surface area contributed by atoms with E-state index < -0.39 is 0 Å². The van der Waals surface area contributed by atoms with Gasteiger partial charge in [0.25, 0.3) is 0 Å². The smallest absolute Gasteiger partial charge is 0.231 e. The molecule has 0 spiro atoms. The summed E-state index contributed by atoms with van der Waals surface area (Å²) in [4.78, 5) is 0. The average molecular weight is 245 g/mol. The zero-order valence-electron chi connectivity index (χ0n) is 6.92. The lowest BCUT2D eigenvalue weighted by atomic mass is 10.1. The fourth-order valence-corrected chi connectivity index (χ4v) is 1.86. The van der Waals surface area contributed by atoms with Crippen molar-refractivity contribution in [3.63, 3.8) is 0 Å². The second-order valence-corrected chi connectivity index (χ2v) is 3.59. The summed E-state index contributed by atoms with van der Waals surface area (Å²) in [5.41, 5.74) is 0.970. The van der Waals surface area contributed by atoms with Crippen molar-refractivity contribution in [2.75, 3.05) is 13.4 Å². The Morgan fingerprint density at radius 1 is 1.38 bits per heavy atom. The van der Waals surface area contributed by atoms with Crippen molar-refractivity contribution in [2.45, 2.75) is 6.42 Å². The molecule has 0 fully saturated rings. The summed E-state index contributed by atoms with van der Waals surface area (Å²) in [7, 11) is 0. The SMILES string of the molecule is OCCc1c(Br)ccc2c1OCO2. The highest BCUT2D eigenvalue weighted by Crippen LogP contribution is 2.39. The predicted molar refractivity (Wildman–Crippen MR) is 51.1 cm³/mol. The van der Waals surface area contributed by atoms with Gasteiger partial charge in [-0.15, -0.1) is 0 Å². The zero-order valence-corrected chi connectivity index (χ0v) is 8.50. The van der Waals surface area contributed by atoms with Crippen LogP contribution in [0.1, 0.15) is 5.56 Å². The Labute approximate surface area is 84.4 Å². The topological polar surface area (TPSA) is 38.7 Å². The van der Waals surface area contributed by atoms with Crippen LogP contribution in [0.25, 0.3) is 0 Å². The largest absolute Gasteiger partial charge is 0.454 e. The van der Waals surface area contributed by atoms with Crippen molar-refractivity contribution in [1.29, 1.82) is 0 Å². The third kappa shape index (κ3) is 1.51. The van der Waals surface area contributed by atoms with Crippen molar-refractivity contribution in [3.05, 3.63) is 22.2 Å². The van der Waals surface area contributed by atoms with Crippen LogP contribution >= 0.6 is 15.9 Å². The molecule has 1 heterocycles. The second kappa shape index (κ2) is 3.55. The van der Waals surface area contributed by atoms with Crippen LogP contribution in [-0.4, -0.2) is 18.5 Å². The number of hydrogen-bond donors (Lipinski definition) is 1. The molecule has 3 nitrogen and oxygen atoms in total. The Balaban J connectivity index is 2.45. The molecule has 0 saturated carbocycles. The highest BCUT2D eigenvalue weighted by molar-refractivity contribution is 9.10. The van der Waals surface area contributed by atoms with Crippen LogP contribution in [0.3, 0.4) is 0 Å². The summed E-state index contributed by atoms with van der Waals surface area (Å²) in [6.45, 7) is 0.378. The molecular formula is C9H9BrO3. The molecule has 1 aliphatic rings. The minimum absolute atomic E-state index is 0.110. The lowest BCUT2D eigenvalue weighted by molar-refractivity contribution is 0.172. The van der Waals surface area contributed by atoms with Crippen LogP contribution in [-0.2, 0) is 6.42 Å². The molecule has 0 atom stereocenters. The number of aliphatic hydroxyl groups is 1. The van der Waals surface area contributed by atoms with E-state index in [0.717, 1.165) is 21.5 Å². The molecule has 13 heavy (non-hydrogen) atoms. The molecule has 1 aromatic rings. The van der Waals surface area contributed by atoms with Gasteiger partial charge in [-0.25, -0.2) is 0 Å². The fourth-order valence-electron chi connectivity index (χ4n) is 1.35. The average Bonchev–Trinajstić information content (AvgIpc) is 2.58. The zero-order chi connectivity index (χ0) is 9.26. The molecular weight excluding hydrogens is 236 g/mol. The highest BCUT2D eigenvalue weighted by atomic mass is 79.9. The maximum Gasteiger partial charge on any atom is 0.231 e. The van der Waals surface area contributed by atoms with Gasteiger partial charge in [0, 0.05) is 23.1 Å². The van der Waals surface area contributed by atoms with Crippen LogP contribution in [0, 0.1) is 0 Å². The van der Waals surface area contributed by atoms with E-state index in [0.29, 0.717) is 6.42 Å². The van der Waals surface area contributed by atoms with E-state index in [1.165, 1.54) is 0 Å². The van der Waals surface area contributed by atoms with Crippen LogP contribution in [0.5, 0.6) is 11.5 Å². The maximum atomic E-state index is 8.86. The van der Waals surface area contributed by atoms with Crippen molar-refractivity contribution in [2.24, 2.45) is 0 Å². The molecule has 0 unspecified atom stereocenters. The number of hydrogen-bond acceptors (Lipinski definition) is 3. The number of fused-ring (bicyclic) bond motifs is 1. The van der Waals surface area contributed by atoms with E-state index in [4.69, 9.17) is 14.6 Å². The van der Waals surface area contributed by atoms with E-state index in [1.807, 2.05) is 12.1 Å². The van der Waals surface area contributed by atoms with Gasteiger partial charge in [-0.05, 0) is 12.1 Å². The summed E-state index contributed by atoms with van der Waals surface area (Å²) in [6.07, 6.45) is 0.577. The molecule has 2 rings (SSSR count). The molecule has 4 heteroatoms. The van der Waals surface area contributed by atoms with Crippen LogP contribution in [0.2, 0.25) is 0 Å². The van der Waals surface area contributed by atoms with E-state index in [1.54, 1.807) is 0 Å². The van der Waals surface area contributed by atoms with Crippen LogP contribution in [0.4, 0.5) is 0 Å². The van der Waals surface area contributed by atoms with Gasteiger partial charge in [-0.2, -0.15) is 0 Å². The Kier molecular flexibility index (Phi) is 2.42. The van der Waals surface area contributed by atoms with E-state index in [-0.39, 0.29) is 13.4 Å². The van der Waals surface area contributed by atoms with E-state index in [9.17, 15) is 0 Å². The Bertz CT molecular complexity index is 325. The van der Waals surface area contributed by atoms with Gasteiger partial charge >= 0.3 is 0 Å². The van der Waals surface area contributed by atoms with E-state index in [2.05, 4.69) is 15.9 Å². The molecule has 0 aliphatic carbocycles. The van der Waals surface area contributed by atoms with Crippen molar-refractivity contribution in [1.82, 2.24) is 0 Å². The molecule has 1 aliphatic heterocycles. The number of ether oxygens (including phenoxy) is 2. The first kappa shape index (κ1) is 8.84. The molecule has 0 saturated heterocycles. The minimum Gasteiger partial charge on any atom is -0.454 e. The summed E-state index contributed by atoms with van der Waals surface area (Å²) in [5, 5.41) is 8.86. The van der Waals surface area contributed by atoms with Gasteiger partial charge < -0.3 is 14.6 Å². The normalized spacial score (nSPS) is 13.4. The first-order chi connectivity index (χ1) is 6.33. The summed E-state index contributed by atoms with van der Waals surface area (Å²) in [6, 6.07) is 3.76. The second-order valence-electron chi connectivity index (χ2n) is 2.73. The molecule has 1 aromatic carbocycles. The number of aliphatic hydroxyl groups excluding tert-OH is 1. The Morgan fingerprint density at radius 2 is 2.23 bits per heavy atom. The molecule has 1 N–H and O–H groups in total. The highest BCUT2D eigenvalue weighted by Gasteiger charge is 2.19. The first-order valence-electron chi connectivity index (χ1n) is 4.01. The predicted octanol–water partition coefficient (Wildman–Crippen LogP) is 1.71. The third-order valence-corrected chi connectivity index (χ3v) is 2.69. The quantitative estimate of drug-likeness (QED) is 0.862. The standard InChI is InChI=1S/C9H9BrO3/c10-7-1-2-8-9(13-5-12-8)6(7)3-4-11/h1-2,11H,3-5H2. The van der Waals surface area contributed by atoms with Gasteiger partial charge in [0.1, 0.15) is 0 Å². The lowest BCUT2D eigenvalue weighted by Crippen LogP contribution is -1.96. The Morgan fingerprint density at radius 3 is 3.00 bits per heavy atom. The number of halogens is 1. The van der Waals surface area contributed by atoms with E-state index >= 15 is 0 Å². The van der Waals surface area contributed by atoms with Crippen molar-refractivity contribution < 1.29 is 14.6 Å². The third-order valence-electron chi connectivity index (χ3n) is 1.95. The maximum absolute atomic E-state index is 8.86. The molecule has 0 aromatic heterocycles. The number of rotatable bonds is 2. The monoisotopic (exact) mass is 244 g/mol. The Hall–Kier alpha value is -0.740. The van der Waals surface area contributed by atoms with Crippen LogP contribution in [0.15, 0.2) is 16.6 Å². The van der Waals surface area contributed by atoms with Gasteiger partial charge in [-0.1, -0.05) is 15.9 Å². The molecule has 0 amide bonds. The van der Waals surface area contributed by atoms with Gasteiger partial charge in [0.05, 0.1) is 0 Å².